The molecular weight excluding hydrogens is 207 g/mol. The molecular formula is C10H12Cl2O. The SMILES string of the molecule is C[C@@H](O)CCc1ccc(Cl)c(Cl)c1. The summed E-state index contributed by atoms with van der Waals surface area (Å²) in [7, 11) is 0. The highest BCUT2D eigenvalue weighted by molar-refractivity contribution is 6.42. The van der Waals surface area contributed by atoms with Crippen LogP contribution in [0, 0.1) is 0 Å². The fourth-order valence-corrected chi connectivity index (χ4v) is 1.39. The second-order valence-corrected chi connectivity index (χ2v) is 3.95. The Labute approximate surface area is 88.3 Å². The quantitative estimate of drug-likeness (QED) is 0.826. The van der Waals surface area contributed by atoms with E-state index < -0.39 is 0 Å². The van der Waals surface area contributed by atoms with Crippen LogP contribution in [0.3, 0.4) is 0 Å². The van der Waals surface area contributed by atoms with Crippen LogP contribution >= 0.6 is 23.2 Å². The topological polar surface area (TPSA) is 20.2 Å². The molecule has 0 spiro atoms. The van der Waals surface area contributed by atoms with Gasteiger partial charge in [-0.2, -0.15) is 0 Å². The molecule has 72 valence electrons. The summed E-state index contributed by atoms with van der Waals surface area (Å²) in [6.07, 6.45) is 1.31. The third kappa shape index (κ3) is 3.55. The molecule has 1 aromatic rings. The Hall–Kier alpha value is -0.240. The molecule has 0 fully saturated rings. The molecule has 0 aliphatic carbocycles. The minimum Gasteiger partial charge on any atom is -0.393 e. The van der Waals surface area contributed by atoms with Gasteiger partial charge in [0.1, 0.15) is 0 Å². The van der Waals surface area contributed by atoms with Gasteiger partial charge in [-0.25, -0.2) is 0 Å². The van der Waals surface area contributed by atoms with Gasteiger partial charge >= 0.3 is 0 Å². The van der Waals surface area contributed by atoms with E-state index in [1.165, 1.54) is 0 Å². The van der Waals surface area contributed by atoms with Crippen LogP contribution < -0.4 is 0 Å². The summed E-state index contributed by atoms with van der Waals surface area (Å²) in [5.74, 6) is 0. The number of halogens is 2. The van der Waals surface area contributed by atoms with Crippen LogP contribution in [0.5, 0.6) is 0 Å². The van der Waals surface area contributed by atoms with E-state index in [0.29, 0.717) is 10.0 Å². The zero-order chi connectivity index (χ0) is 9.84. The van der Waals surface area contributed by atoms with Crippen LogP contribution in [0.15, 0.2) is 18.2 Å². The second-order valence-electron chi connectivity index (χ2n) is 3.14. The first-order valence-corrected chi connectivity index (χ1v) is 4.97. The van der Waals surface area contributed by atoms with Gasteiger partial charge in [-0.05, 0) is 37.5 Å². The van der Waals surface area contributed by atoms with Crippen LogP contribution in [0.2, 0.25) is 10.0 Å². The van der Waals surface area contributed by atoms with E-state index in [9.17, 15) is 0 Å². The first-order chi connectivity index (χ1) is 6.09. The Morgan fingerprint density at radius 1 is 1.31 bits per heavy atom. The molecule has 0 saturated heterocycles. The molecule has 13 heavy (non-hydrogen) atoms. The van der Waals surface area contributed by atoms with Crippen molar-refractivity contribution in [1.82, 2.24) is 0 Å². The van der Waals surface area contributed by atoms with Crippen LogP contribution in [-0.4, -0.2) is 11.2 Å². The molecule has 1 N–H and O–H groups in total. The van der Waals surface area contributed by atoms with Gasteiger partial charge < -0.3 is 5.11 Å². The van der Waals surface area contributed by atoms with Crippen LogP contribution in [-0.2, 0) is 6.42 Å². The number of hydrogen-bond donors (Lipinski definition) is 1. The van der Waals surface area contributed by atoms with Crippen molar-refractivity contribution >= 4 is 23.2 Å². The van der Waals surface area contributed by atoms with E-state index in [4.69, 9.17) is 28.3 Å². The molecule has 3 heteroatoms. The number of aliphatic hydroxyl groups is 1. The highest BCUT2D eigenvalue weighted by atomic mass is 35.5. The molecule has 0 amide bonds. The lowest BCUT2D eigenvalue weighted by Crippen LogP contribution is -2.01. The third-order valence-electron chi connectivity index (χ3n) is 1.83. The Morgan fingerprint density at radius 3 is 2.54 bits per heavy atom. The van der Waals surface area contributed by atoms with Gasteiger partial charge in [0.05, 0.1) is 16.1 Å². The van der Waals surface area contributed by atoms with Gasteiger partial charge in [-0.15, -0.1) is 0 Å². The monoisotopic (exact) mass is 218 g/mol. The number of hydrogen-bond acceptors (Lipinski definition) is 1. The second kappa shape index (κ2) is 4.85. The zero-order valence-electron chi connectivity index (χ0n) is 7.43. The summed E-state index contributed by atoms with van der Waals surface area (Å²) >= 11 is 11.6. The molecule has 0 bridgehead atoms. The summed E-state index contributed by atoms with van der Waals surface area (Å²) < 4.78 is 0. The number of rotatable bonds is 3. The van der Waals surface area contributed by atoms with Crippen molar-refractivity contribution < 1.29 is 5.11 Å². The number of benzene rings is 1. The van der Waals surface area contributed by atoms with Gasteiger partial charge in [0.15, 0.2) is 0 Å². The Morgan fingerprint density at radius 2 is 2.00 bits per heavy atom. The zero-order valence-corrected chi connectivity index (χ0v) is 8.94. The smallest absolute Gasteiger partial charge is 0.0595 e. The maximum atomic E-state index is 9.08. The summed E-state index contributed by atoms with van der Waals surface area (Å²) in [6.45, 7) is 1.78. The average Bonchev–Trinajstić information content (AvgIpc) is 2.07. The van der Waals surface area contributed by atoms with Crippen molar-refractivity contribution in [2.75, 3.05) is 0 Å². The molecule has 0 aliphatic rings. The standard InChI is InChI=1S/C10H12Cl2O/c1-7(13)2-3-8-4-5-9(11)10(12)6-8/h4-7,13H,2-3H2,1H3/t7-/m1/s1. The minimum atomic E-state index is -0.269. The summed E-state index contributed by atoms with van der Waals surface area (Å²) in [6, 6.07) is 5.55. The van der Waals surface area contributed by atoms with E-state index in [0.717, 1.165) is 18.4 Å². The Bertz CT molecular complexity index is 284. The molecule has 0 radical (unpaired) electrons. The van der Waals surface area contributed by atoms with E-state index in [-0.39, 0.29) is 6.10 Å². The normalized spacial score (nSPS) is 12.9. The van der Waals surface area contributed by atoms with Crippen molar-refractivity contribution in [2.45, 2.75) is 25.9 Å². The third-order valence-corrected chi connectivity index (χ3v) is 2.57. The molecule has 0 heterocycles. The molecule has 0 aliphatic heterocycles. The van der Waals surface area contributed by atoms with Crippen molar-refractivity contribution in [2.24, 2.45) is 0 Å². The molecule has 0 saturated carbocycles. The van der Waals surface area contributed by atoms with Crippen LogP contribution in [0.1, 0.15) is 18.9 Å². The van der Waals surface area contributed by atoms with Crippen molar-refractivity contribution in [3.63, 3.8) is 0 Å². The van der Waals surface area contributed by atoms with Crippen molar-refractivity contribution in [1.29, 1.82) is 0 Å². The average molecular weight is 219 g/mol. The van der Waals surface area contributed by atoms with Gasteiger partial charge in [-0.1, -0.05) is 29.3 Å². The fraction of sp³-hybridized carbons (Fsp3) is 0.400. The van der Waals surface area contributed by atoms with Gasteiger partial charge in [0.2, 0.25) is 0 Å². The molecule has 0 aromatic heterocycles. The lowest BCUT2D eigenvalue weighted by atomic mass is 10.1. The highest BCUT2D eigenvalue weighted by Gasteiger charge is 2.01. The van der Waals surface area contributed by atoms with Crippen molar-refractivity contribution in [3.8, 4) is 0 Å². The lowest BCUT2D eigenvalue weighted by Gasteiger charge is -2.04. The van der Waals surface area contributed by atoms with E-state index in [1.807, 2.05) is 12.1 Å². The molecule has 1 aromatic carbocycles. The van der Waals surface area contributed by atoms with Gasteiger partial charge in [-0.3, -0.25) is 0 Å². The number of aliphatic hydroxyl groups excluding tert-OH is 1. The predicted octanol–water partition coefficient (Wildman–Crippen LogP) is 3.31. The molecule has 1 rings (SSSR count). The van der Waals surface area contributed by atoms with Crippen LogP contribution in [0.25, 0.3) is 0 Å². The van der Waals surface area contributed by atoms with Gasteiger partial charge in [0.25, 0.3) is 0 Å². The maximum Gasteiger partial charge on any atom is 0.0595 e. The van der Waals surface area contributed by atoms with Crippen LogP contribution in [0.4, 0.5) is 0 Å². The predicted molar refractivity (Wildman–Crippen MR) is 56.5 cm³/mol. The molecule has 1 atom stereocenters. The van der Waals surface area contributed by atoms with E-state index >= 15 is 0 Å². The Kier molecular flexibility index (Phi) is 4.04. The van der Waals surface area contributed by atoms with Crippen molar-refractivity contribution in [3.05, 3.63) is 33.8 Å². The van der Waals surface area contributed by atoms with Gasteiger partial charge in [0, 0.05) is 0 Å². The maximum absolute atomic E-state index is 9.08. The molecule has 0 unspecified atom stereocenters. The first-order valence-electron chi connectivity index (χ1n) is 4.21. The first kappa shape index (κ1) is 10.8. The summed E-state index contributed by atoms with van der Waals surface area (Å²) in [5, 5.41) is 10.2. The largest absolute Gasteiger partial charge is 0.393 e. The molecule has 1 nitrogen and oxygen atoms in total. The van der Waals surface area contributed by atoms with E-state index in [1.54, 1.807) is 13.0 Å². The minimum absolute atomic E-state index is 0.269. The summed E-state index contributed by atoms with van der Waals surface area (Å²) in [4.78, 5) is 0. The number of aryl methyl sites for hydroxylation is 1. The Balaban J connectivity index is 2.63. The lowest BCUT2D eigenvalue weighted by molar-refractivity contribution is 0.185. The summed E-state index contributed by atoms with van der Waals surface area (Å²) in [5.41, 5.74) is 1.11. The highest BCUT2D eigenvalue weighted by Crippen LogP contribution is 2.23. The fourth-order valence-electron chi connectivity index (χ4n) is 1.07. The van der Waals surface area contributed by atoms with E-state index in [2.05, 4.69) is 0 Å².